The van der Waals surface area contributed by atoms with Gasteiger partial charge in [-0.05, 0) is 75.4 Å². The largest absolute Gasteiger partial charge is 0.586 e. The number of carbonyl (C=O) groups excluding carboxylic acids is 2. The average Bonchev–Trinajstić information content (AvgIpc) is 3.22. The second-order valence-corrected chi connectivity index (χ2v) is 9.35. The number of anilines is 2. The molecule has 4 rings (SSSR count). The van der Waals surface area contributed by atoms with E-state index in [1.54, 1.807) is 42.6 Å². The third kappa shape index (κ3) is 7.87. The van der Waals surface area contributed by atoms with Gasteiger partial charge in [-0.25, -0.2) is 0 Å². The Hall–Kier alpha value is -4.25. The summed E-state index contributed by atoms with van der Waals surface area (Å²) in [6.07, 6.45) is 0.856. The Morgan fingerprint density at radius 2 is 1.74 bits per heavy atom. The average molecular weight is 540 g/mol. The van der Waals surface area contributed by atoms with Gasteiger partial charge in [0.05, 0.1) is 5.56 Å². The van der Waals surface area contributed by atoms with Crippen LogP contribution in [0.3, 0.4) is 0 Å². The third-order valence-corrected chi connectivity index (χ3v) is 5.94. The number of fused-ring (bicyclic) bond motifs is 1. The van der Waals surface area contributed by atoms with E-state index in [-0.39, 0.29) is 23.1 Å². The van der Waals surface area contributed by atoms with Crippen LogP contribution in [0.5, 0.6) is 11.5 Å². The highest BCUT2D eigenvalue weighted by atomic mass is 19.3. The van der Waals surface area contributed by atoms with Crippen molar-refractivity contribution < 1.29 is 27.8 Å². The molecule has 2 amide bonds. The number of unbranched alkanes of at least 4 members (excludes halogenated alkanes) is 2. The maximum absolute atomic E-state index is 13.3. The highest BCUT2D eigenvalue weighted by Crippen LogP contribution is 2.42. The van der Waals surface area contributed by atoms with Gasteiger partial charge in [0, 0.05) is 36.7 Å². The first kappa shape index (κ1) is 27.8. The fourth-order valence-electron chi connectivity index (χ4n) is 3.99. The van der Waals surface area contributed by atoms with Crippen LogP contribution in [0.15, 0.2) is 60.8 Å². The van der Waals surface area contributed by atoms with Gasteiger partial charge < -0.3 is 30.3 Å². The SMILES string of the molecule is CN(C)CCCCCNC(=O)c1cc(CNc2ccccc2C(=O)Nc2ccc3c(c2)OC(F)(F)O3)ccn1. The summed E-state index contributed by atoms with van der Waals surface area (Å²) in [5.74, 6) is -0.939. The zero-order valence-electron chi connectivity index (χ0n) is 21.8. The summed E-state index contributed by atoms with van der Waals surface area (Å²) in [6.45, 7) is 1.96. The minimum Gasteiger partial charge on any atom is -0.395 e. The first-order valence-corrected chi connectivity index (χ1v) is 12.6. The summed E-state index contributed by atoms with van der Waals surface area (Å²) in [4.78, 5) is 31.8. The van der Waals surface area contributed by atoms with E-state index in [2.05, 4.69) is 35.3 Å². The van der Waals surface area contributed by atoms with E-state index in [4.69, 9.17) is 0 Å². The number of hydrogen-bond acceptors (Lipinski definition) is 7. The minimum absolute atomic E-state index is 0.106. The number of para-hydroxylation sites is 1. The molecular weight excluding hydrogens is 508 g/mol. The van der Waals surface area contributed by atoms with Crippen molar-refractivity contribution in [2.24, 2.45) is 0 Å². The van der Waals surface area contributed by atoms with Gasteiger partial charge >= 0.3 is 6.29 Å². The minimum atomic E-state index is -3.74. The van der Waals surface area contributed by atoms with E-state index in [0.717, 1.165) is 31.4 Å². The van der Waals surface area contributed by atoms with Crippen LogP contribution in [-0.4, -0.2) is 55.2 Å². The summed E-state index contributed by atoms with van der Waals surface area (Å²) in [5, 5.41) is 8.82. The van der Waals surface area contributed by atoms with Crippen LogP contribution in [0.4, 0.5) is 20.2 Å². The van der Waals surface area contributed by atoms with E-state index in [0.29, 0.717) is 30.0 Å². The van der Waals surface area contributed by atoms with Crippen LogP contribution in [-0.2, 0) is 6.54 Å². The number of ether oxygens (including phenoxy) is 2. The van der Waals surface area contributed by atoms with Crippen LogP contribution >= 0.6 is 0 Å². The number of aromatic nitrogens is 1. The number of halogens is 2. The molecule has 1 aliphatic rings. The Labute approximate surface area is 225 Å². The Morgan fingerprint density at radius 1 is 0.949 bits per heavy atom. The molecule has 0 fully saturated rings. The van der Waals surface area contributed by atoms with E-state index < -0.39 is 12.2 Å². The molecule has 0 bridgehead atoms. The lowest BCUT2D eigenvalue weighted by atomic mass is 10.1. The molecule has 11 heteroatoms. The number of carbonyl (C=O) groups is 2. The molecule has 206 valence electrons. The van der Waals surface area contributed by atoms with E-state index in [1.807, 2.05) is 14.1 Å². The molecular formula is C28H31F2N5O4. The molecule has 0 aliphatic carbocycles. The molecule has 0 unspecified atom stereocenters. The second-order valence-electron chi connectivity index (χ2n) is 9.35. The van der Waals surface area contributed by atoms with Crippen molar-refractivity contribution >= 4 is 23.2 Å². The molecule has 1 aliphatic heterocycles. The van der Waals surface area contributed by atoms with Crippen LogP contribution in [0.25, 0.3) is 0 Å². The topological polar surface area (TPSA) is 105 Å². The van der Waals surface area contributed by atoms with Crippen molar-refractivity contribution in [1.29, 1.82) is 0 Å². The first-order chi connectivity index (χ1) is 18.7. The number of amides is 2. The number of benzene rings is 2. The normalized spacial score (nSPS) is 13.3. The van der Waals surface area contributed by atoms with Crippen molar-refractivity contribution in [3.05, 3.63) is 77.6 Å². The summed E-state index contributed by atoms with van der Waals surface area (Å²) >= 11 is 0. The Bertz CT molecular complexity index is 1320. The Balaban J connectivity index is 1.32. The summed E-state index contributed by atoms with van der Waals surface area (Å²) < 4.78 is 35.4. The smallest absolute Gasteiger partial charge is 0.395 e. The highest BCUT2D eigenvalue weighted by molar-refractivity contribution is 6.08. The van der Waals surface area contributed by atoms with Gasteiger partial charge in [-0.15, -0.1) is 8.78 Å². The van der Waals surface area contributed by atoms with Crippen molar-refractivity contribution in [1.82, 2.24) is 15.2 Å². The Kier molecular flexibility index (Phi) is 8.92. The third-order valence-electron chi connectivity index (χ3n) is 5.94. The molecule has 0 spiro atoms. The van der Waals surface area contributed by atoms with Gasteiger partial charge in [0.1, 0.15) is 5.69 Å². The van der Waals surface area contributed by atoms with E-state index in [9.17, 15) is 18.4 Å². The zero-order chi connectivity index (χ0) is 27.8. The standard InChI is InChI=1S/C28H31F2N5O4/c1-35(2)15-7-3-6-13-32-27(37)23-16-19(12-14-31-23)18-33-22-9-5-4-8-21(22)26(36)34-20-10-11-24-25(17-20)39-28(29,30)38-24/h4-5,8-12,14,16-17,33H,3,6-7,13,15,18H2,1-2H3,(H,32,37)(H,34,36). The summed E-state index contributed by atoms with van der Waals surface area (Å²) in [6, 6.07) is 14.4. The Morgan fingerprint density at radius 3 is 2.56 bits per heavy atom. The summed E-state index contributed by atoms with van der Waals surface area (Å²) in [5.41, 5.74) is 2.32. The van der Waals surface area contributed by atoms with Gasteiger partial charge in [-0.3, -0.25) is 14.6 Å². The lowest BCUT2D eigenvalue weighted by molar-refractivity contribution is -0.286. The van der Waals surface area contributed by atoms with Gasteiger partial charge in [-0.1, -0.05) is 18.6 Å². The number of pyridine rings is 1. The number of rotatable bonds is 12. The van der Waals surface area contributed by atoms with Crippen molar-refractivity contribution in [3.63, 3.8) is 0 Å². The molecule has 0 atom stereocenters. The van der Waals surface area contributed by atoms with Crippen LogP contribution in [0, 0.1) is 0 Å². The predicted octanol–water partition coefficient (Wildman–Crippen LogP) is 4.73. The molecule has 9 nitrogen and oxygen atoms in total. The maximum Gasteiger partial charge on any atom is 0.586 e. The monoisotopic (exact) mass is 539 g/mol. The second kappa shape index (κ2) is 12.5. The predicted molar refractivity (Wildman–Crippen MR) is 143 cm³/mol. The molecule has 0 saturated carbocycles. The van der Waals surface area contributed by atoms with Crippen LogP contribution in [0.2, 0.25) is 0 Å². The lowest BCUT2D eigenvalue weighted by Crippen LogP contribution is -2.25. The molecule has 3 aromatic rings. The highest BCUT2D eigenvalue weighted by Gasteiger charge is 2.43. The zero-order valence-corrected chi connectivity index (χ0v) is 21.8. The van der Waals surface area contributed by atoms with Crippen molar-refractivity contribution in [2.75, 3.05) is 37.8 Å². The molecule has 0 radical (unpaired) electrons. The number of hydrogen-bond donors (Lipinski definition) is 3. The van der Waals surface area contributed by atoms with Crippen molar-refractivity contribution in [3.8, 4) is 11.5 Å². The van der Waals surface area contributed by atoms with Crippen molar-refractivity contribution in [2.45, 2.75) is 32.1 Å². The molecule has 2 aromatic carbocycles. The van der Waals surface area contributed by atoms with Gasteiger partial charge in [0.2, 0.25) is 0 Å². The molecule has 3 N–H and O–H groups in total. The number of nitrogens with one attached hydrogen (secondary N) is 3. The molecule has 0 saturated heterocycles. The van der Waals surface area contributed by atoms with Gasteiger partial charge in [-0.2, -0.15) is 0 Å². The van der Waals surface area contributed by atoms with Gasteiger partial charge in [0.15, 0.2) is 11.5 Å². The molecule has 1 aromatic heterocycles. The van der Waals surface area contributed by atoms with Crippen LogP contribution < -0.4 is 25.4 Å². The summed E-state index contributed by atoms with van der Waals surface area (Å²) in [7, 11) is 4.08. The number of alkyl halides is 2. The van der Waals surface area contributed by atoms with E-state index in [1.165, 1.54) is 18.2 Å². The fourth-order valence-corrected chi connectivity index (χ4v) is 3.99. The quantitative estimate of drug-likeness (QED) is 0.286. The number of nitrogens with zero attached hydrogens (tertiary/aromatic N) is 2. The van der Waals surface area contributed by atoms with Gasteiger partial charge in [0.25, 0.3) is 11.8 Å². The lowest BCUT2D eigenvalue weighted by Gasteiger charge is -2.13. The first-order valence-electron chi connectivity index (χ1n) is 12.6. The molecule has 2 heterocycles. The fraction of sp³-hybridized carbons (Fsp3) is 0.321. The van der Waals surface area contributed by atoms with E-state index >= 15 is 0 Å². The molecule has 39 heavy (non-hydrogen) atoms. The maximum atomic E-state index is 13.3. The van der Waals surface area contributed by atoms with Crippen LogP contribution in [0.1, 0.15) is 45.7 Å².